The van der Waals surface area contributed by atoms with E-state index < -0.39 is 0 Å². The lowest BCUT2D eigenvalue weighted by molar-refractivity contribution is 0.0957. The lowest BCUT2D eigenvalue weighted by Gasteiger charge is -2.35. The normalized spacial score (nSPS) is 14.4. The van der Waals surface area contributed by atoms with Gasteiger partial charge in [0.05, 0.1) is 24.5 Å². The number of methoxy groups -OCH3 is 2. The fourth-order valence-electron chi connectivity index (χ4n) is 4.45. The second-order valence-corrected chi connectivity index (χ2v) is 9.46. The van der Waals surface area contributed by atoms with Crippen LogP contribution >= 0.6 is 11.3 Å². The van der Waals surface area contributed by atoms with E-state index in [1.54, 1.807) is 20.5 Å². The van der Waals surface area contributed by atoms with Crippen molar-refractivity contribution in [2.24, 2.45) is 0 Å². The standard InChI is InChI=1S/C25H33N5O3S/c1-5-10-29-11-13-30(14-12-29)23-21-17(2)22(34-25(21)28-16-27-23)24(31)26-9-8-18-6-7-19(32-3)20(15-18)33-4/h6-7,15-16H,5,8-14H2,1-4H3,(H,26,31). The molecule has 1 aromatic carbocycles. The molecule has 1 N–H and O–H groups in total. The first-order valence-electron chi connectivity index (χ1n) is 11.8. The van der Waals surface area contributed by atoms with Crippen molar-refractivity contribution in [3.8, 4) is 11.5 Å². The topological polar surface area (TPSA) is 79.8 Å². The van der Waals surface area contributed by atoms with Crippen LogP contribution in [0.25, 0.3) is 10.2 Å². The van der Waals surface area contributed by atoms with Gasteiger partial charge in [0.2, 0.25) is 0 Å². The minimum Gasteiger partial charge on any atom is -0.493 e. The van der Waals surface area contributed by atoms with Crippen molar-refractivity contribution >= 4 is 33.3 Å². The smallest absolute Gasteiger partial charge is 0.261 e. The first kappa shape index (κ1) is 24.2. The van der Waals surface area contributed by atoms with Gasteiger partial charge in [0, 0.05) is 32.7 Å². The number of fused-ring (bicyclic) bond motifs is 1. The molecule has 3 aromatic rings. The molecule has 0 atom stereocenters. The van der Waals surface area contributed by atoms with E-state index in [1.807, 2.05) is 25.1 Å². The molecule has 1 saturated heterocycles. The second-order valence-electron chi connectivity index (χ2n) is 8.46. The van der Waals surface area contributed by atoms with Crippen molar-refractivity contribution < 1.29 is 14.3 Å². The number of hydrogen-bond acceptors (Lipinski definition) is 8. The molecule has 4 rings (SSSR count). The zero-order chi connectivity index (χ0) is 24.1. The van der Waals surface area contributed by atoms with Crippen LogP contribution in [0.15, 0.2) is 24.5 Å². The van der Waals surface area contributed by atoms with Crippen molar-refractivity contribution in [1.29, 1.82) is 0 Å². The summed E-state index contributed by atoms with van der Waals surface area (Å²) in [5.74, 6) is 2.26. The number of rotatable bonds is 9. The Morgan fingerprint density at radius 1 is 1.12 bits per heavy atom. The number of amides is 1. The van der Waals surface area contributed by atoms with Crippen molar-refractivity contribution in [3.63, 3.8) is 0 Å². The number of aryl methyl sites for hydroxylation is 1. The van der Waals surface area contributed by atoms with E-state index in [9.17, 15) is 4.79 Å². The first-order chi connectivity index (χ1) is 16.5. The molecule has 0 unspecified atom stereocenters. The van der Waals surface area contributed by atoms with Crippen LogP contribution in [0, 0.1) is 6.92 Å². The average molecular weight is 484 g/mol. The van der Waals surface area contributed by atoms with Crippen molar-refractivity contribution in [1.82, 2.24) is 20.2 Å². The highest BCUT2D eigenvalue weighted by molar-refractivity contribution is 7.20. The van der Waals surface area contributed by atoms with E-state index in [0.29, 0.717) is 29.3 Å². The minimum absolute atomic E-state index is 0.0697. The second kappa shape index (κ2) is 11.0. The Kier molecular flexibility index (Phi) is 7.84. The quantitative estimate of drug-likeness (QED) is 0.499. The molecule has 0 saturated carbocycles. The molecule has 8 nitrogen and oxygen atoms in total. The lowest BCUT2D eigenvalue weighted by atomic mass is 10.1. The Morgan fingerprint density at radius 3 is 2.59 bits per heavy atom. The van der Waals surface area contributed by atoms with Gasteiger partial charge in [0.15, 0.2) is 11.5 Å². The van der Waals surface area contributed by atoms with Crippen LogP contribution in [0.4, 0.5) is 5.82 Å². The van der Waals surface area contributed by atoms with Crippen LogP contribution in [-0.4, -0.2) is 74.3 Å². The maximum absolute atomic E-state index is 13.0. The van der Waals surface area contributed by atoms with Crippen molar-refractivity contribution in [2.75, 3.05) is 58.4 Å². The van der Waals surface area contributed by atoms with Crippen LogP contribution in [0.2, 0.25) is 0 Å². The van der Waals surface area contributed by atoms with E-state index in [2.05, 4.69) is 32.0 Å². The van der Waals surface area contributed by atoms with E-state index in [4.69, 9.17) is 9.47 Å². The fourth-order valence-corrected chi connectivity index (χ4v) is 5.51. The third kappa shape index (κ3) is 5.10. The van der Waals surface area contributed by atoms with Gasteiger partial charge in [-0.25, -0.2) is 9.97 Å². The van der Waals surface area contributed by atoms with Crippen LogP contribution in [0.1, 0.15) is 34.1 Å². The fraction of sp³-hybridized carbons (Fsp3) is 0.480. The van der Waals surface area contributed by atoms with Gasteiger partial charge in [-0.3, -0.25) is 9.69 Å². The summed E-state index contributed by atoms with van der Waals surface area (Å²) in [6.07, 6.45) is 3.49. The monoisotopic (exact) mass is 483 g/mol. The number of thiophene rings is 1. The molecule has 0 radical (unpaired) electrons. The SMILES string of the molecule is CCCN1CCN(c2ncnc3sc(C(=O)NCCc4ccc(OC)c(OC)c4)c(C)c23)CC1. The number of carbonyl (C=O) groups excluding carboxylic acids is 1. The van der Waals surface area contributed by atoms with E-state index >= 15 is 0 Å². The summed E-state index contributed by atoms with van der Waals surface area (Å²) >= 11 is 1.44. The maximum Gasteiger partial charge on any atom is 0.261 e. The number of piperazine rings is 1. The Hall–Kier alpha value is -2.91. The molecule has 182 valence electrons. The number of benzene rings is 1. The summed E-state index contributed by atoms with van der Waals surface area (Å²) < 4.78 is 10.7. The van der Waals surface area contributed by atoms with Gasteiger partial charge in [0.1, 0.15) is 17.0 Å². The Labute approximate surface area is 204 Å². The third-order valence-corrected chi connectivity index (χ3v) is 7.47. The number of nitrogens with one attached hydrogen (secondary N) is 1. The van der Waals surface area contributed by atoms with Crippen LogP contribution in [-0.2, 0) is 6.42 Å². The molecular formula is C25H33N5O3S. The van der Waals surface area contributed by atoms with Crippen molar-refractivity contribution in [2.45, 2.75) is 26.7 Å². The zero-order valence-electron chi connectivity index (χ0n) is 20.4. The van der Waals surface area contributed by atoms with Crippen LogP contribution < -0.4 is 19.7 Å². The summed E-state index contributed by atoms with van der Waals surface area (Å²) in [7, 11) is 3.24. The van der Waals surface area contributed by atoms with E-state index in [1.165, 1.54) is 17.8 Å². The Morgan fingerprint density at radius 2 is 1.88 bits per heavy atom. The Balaban J connectivity index is 1.45. The van der Waals surface area contributed by atoms with Gasteiger partial charge in [-0.05, 0) is 49.6 Å². The van der Waals surface area contributed by atoms with Gasteiger partial charge in [-0.15, -0.1) is 11.3 Å². The van der Waals surface area contributed by atoms with Gasteiger partial charge in [0.25, 0.3) is 5.91 Å². The molecule has 34 heavy (non-hydrogen) atoms. The highest BCUT2D eigenvalue weighted by Crippen LogP contribution is 2.35. The molecule has 0 bridgehead atoms. The number of nitrogens with zero attached hydrogens (tertiary/aromatic N) is 4. The summed E-state index contributed by atoms with van der Waals surface area (Å²) in [5, 5.41) is 4.07. The summed E-state index contributed by atoms with van der Waals surface area (Å²) in [6.45, 7) is 9.83. The zero-order valence-corrected chi connectivity index (χ0v) is 21.2. The van der Waals surface area contributed by atoms with E-state index in [-0.39, 0.29) is 5.91 Å². The van der Waals surface area contributed by atoms with Gasteiger partial charge in [-0.2, -0.15) is 0 Å². The van der Waals surface area contributed by atoms with Gasteiger partial charge < -0.3 is 19.7 Å². The predicted molar refractivity (Wildman–Crippen MR) is 137 cm³/mol. The number of aromatic nitrogens is 2. The van der Waals surface area contributed by atoms with Crippen molar-refractivity contribution in [3.05, 3.63) is 40.5 Å². The minimum atomic E-state index is -0.0697. The average Bonchev–Trinajstić information content (AvgIpc) is 3.21. The van der Waals surface area contributed by atoms with Gasteiger partial charge >= 0.3 is 0 Å². The largest absolute Gasteiger partial charge is 0.493 e. The molecule has 0 aliphatic carbocycles. The number of ether oxygens (including phenoxy) is 2. The molecule has 0 spiro atoms. The van der Waals surface area contributed by atoms with Crippen LogP contribution in [0.3, 0.4) is 0 Å². The molecule has 2 aromatic heterocycles. The Bertz CT molecular complexity index is 1140. The molecule has 3 heterocycles. The molecule has 1 aliphatic rings. The highest BCUT2D eigenvalue weighted by atomic mass is 32.1. The lowest BCUT2D eigenvalue weighted by Crippen LogP contribution is -2.46. The third-order valence-electron chi connectivity index (χ3n) is 6.27. The van der Waals surface area contributed by atoms with Crippen LogP contribution in [0.5, 0.6) is 11.5 Å². The molecular weight excluding hydrogens is 450 g/mol. The summed E-state index contributed by atoms with van der Waals surface area (Å²) in [4.78, 5) is 28.5. The first-order valence-corrected chi connectivity index (χ1v) is 12.6. The summed E-state index contributed by atoms with van der Waals surface area (Å²) in [5.41, 5.74) is 2.02. The predicted octanol–water partition coefficient (Wildman–Crippen LogP) is 3.52. The molecule has 1 amide bonds. The number of hydrogen-bond donors (Lipinski definition) is 1. The van der Waals surface area contributed by atoms with E-state index in [0.717, 1.165) is 59.9 Å². The number of carbonyl (C=O) groups is 1. The molecule has 1 fully saturated rings. The number of anilines is 1. The molecule has 9 heteroatoms. The molecule has 1 aliphatic heterocycles. The summed E-state index contributed by atoms with van der Waals surface area (Å²) in [6, 6.07) is 5.81. The highest BCUT2D eigenvalue weighted by Gasteiger charge is 2.24. The van der Waals surface area contributed by atoms with Gasteiger partial charge in [-0.1, -0.05) is 13.0 Å². The maximum atomic E-state index is 13.0.